The van der Waals surface area contributed by atoms with Crippen molar-refractivity contribution in [3.05, 3.63) is 0 Å². The fraction of sp³-hybridized carbons (Fsp3) is 0.984. The third-order valence-corrected chi connectivity index (χ3v) is 16.3. The van der Waals surface area contributed by atoms with Crippen molar-refractivity contribution in [3.8, 4) is 0 Å². The molecule has 8 nitrogen and oxygen atoms in total. The highest BCUT2D eigenvalue weighted by Gasteiger charge is 2.24. The molecule has 0 aliphatic rings. The molecule has 0 radical (unpaired) electrons. The van der Waals surface area contributed by atoms with Crippen molar-refractivity contribution in [2.24, 2.45) is 0 Å². The summed E-state index contributed by atoms with van der Waals surface area (Å²) >= 11 is 0. The average Bonchev–Trinajstić information content (AvgIpc) is 3.34. The Bertz CT molecular complexity index is 1140. The molecule has 2 N–H and O–H groups in total. The summed E-state index contributed by atoms with van der Waals surface area (Å²) in [7, 11) is 1.32. The molecular weight excluding hydrogens is 912 g/mol. The highest BCUT2D eigenvalue weighted by molar-refractivity contribution is 7.45. The van der Waals surface area contributed by atoms with Gasteiger partial charge >= 0.3 is 0 Å². The number of unbranched alkanes of at least 4 members (excludes halogenated alkanes) is 48. The monoisotopic (exact) mass is 1040 g/mol. The number of likely N-dealkylation sites (N-methyl/N-ethyl adjacent to an activating group) is 1. The van der Waals surface area contributed by atoms with Crippen LogP contribution in [0.15, 0.2) is 0 Å². The number of aliphatic hydroxyl groups excluding tert-OH is 1. The van der Waals surface area contributed by atoms with Crippen molar-refractivity contribution in [2.75, 3.05) is 40.9 Å². The number of amides is 1. The number of hydrogen-bond acceptors (Lipinski definition) is 6. The van der Waals surface area contributed by atoms with Gasteiger partial charge in [-0.15, -0.1) is 0 Å². The maximum atomic E-state index is 13.0. The summed E-state index contributed by atoms with van der Waals surface area (Å²) in [5.41, 5.74) is 0. The molecular formula is C63H129N2O6P. The van der Waals surface area contributed by atoms with Crippen LogP contribution in [-0.2, 0) is 18.4 Å². The number of phosphoric acid groups is 1. The zero-order chi connectivity index (χ0) is 52.7. The number of hydrogen-bond donors (Lipinski definition) is 2. The van der Waals surface area contributed by atoms with E-state index in [1.807, 2.05) is 21.1 Å². The molecule has 3 unspecified atom stereocenters. The van der Waals surface area contributed by atoms with Crippen LogP contribution in [0.25, 0.3) is 0 Å². The first kappa shape index (κ1) is 71.5. The first-order valence-electron chi connectivity index (χ1n) is 32.4. The Hall–Kier alpha value is -0.500. The Balaban J connectivity index is 3.76. The second-order valence-electron chi connectivity index (χ2n) is 23.8. The van der Waals surface area contributed by atoms with Gasteiger partial charge in [0.15, 0.2) is 0 Å². The van der Waals surface area contributed by atoms with Crippen molar-refractivity contribution in [1.82, 2.24) is 5.32 Å². The molecule has 0 aliphatic carbocycles. The Morgan fingerprint density at radius 3 is 0.944 bits per heavy atom. The zero-order valence-electron chi connectivity index (χ0n) is 49.4. The molecule has 0 saturated heterocycles. The highest BCUT2D eigenvalue weighted by atomic mass is 31.2. The molecule has 0 rings (SSSR count). The van der Waals surface area contributed by atoms with E-state index in [2.05, 4.69) is 19.2 Å². The molecule has 432 valence electrons. The van der Waals surface area contributed by atoms with Gasteiger partial charge in [0.1, 0.15) is 13.2 Å². The topological polar surface area (TPSA) is 108 Å². The van der Waals surface area contributed by atoms with E-state index in [-0.39, 0.29) is 19.1 Å². The van der Waals surface area contributed by atoms with Crippen molar-refractivity contribution in [2.45, 2.75) is 360 Å². The molecule has 0 fully saturated rings. The van der Waals surface area contributed by atoms with E-state index in [4.69, 9.17) is 9.05 Å². The van der Waals surface area contributed by atoms with E-state index in [1.54, 1.807) is 0 Å². The van der Waals surface area contributed by atoms with E-state index in [0.29, 0.717) is 23.9 Å². The maximum Gasteiger partial charge on any atom is 0.268 e. The lowest BCUT2D eigenvalue weighted by molar-refractivity contribution is -0.870. The number of phosphoric ester groups is 1. The number of carbonyl (C=O) groups excluding carboxylic acids is 1. The van der Waals surface area contributed by atoms with Crippen LogP contribution in [0.2, 0.25) is 0 Å². The third-order valence-electron chi connectivity index (χ3n) is 15.3. The standard InChI is InChI=1S/C63H129N2O6P/c1-6-8-10-12-14-16-18-19-20-21-22-23-24-25-26-27-28-29-30-31-32-33-34-35-36-37-38-39-40-41-42-43-44-45-47-49-51-53-55-57-63(67)64-61(60-71-72(68,69)70-59-58-65(3,4)5)62(66)56-54-52-50-48-46-17-15-13-11-9-7-2/h61-62,66H,6-60H2,1-5H3,(H-,64,67,68,69). The summed E-state index contributed by atoms with van der Waals surface area (Å²) in [5, 5.41) is 14.0. The largest absolute Gasteiger partial charge is 0.756 e. The summed E-state index contributed by atoms with van der Waals surface area (Å²) in [5.74, 6) is -0.158. The molecule has 9 heteroatoms. The van der Waals surface area contributed by atoms with Gasteiger partial charge in [-0.2, -0.15) is 0 Å². The number of nitrogens with one attached hydrogen (secondary N) is 1. The van der Waals surface area contributed by atoms with Crippen LogP contribution >= 0.6 is 7.82 Å². The number of carbonyl (C=O) groups is 1. The molecule has 0 bridgehead atoms. The van der Waals surface area contributed by atoms with Gasteiger partial charge in [-0.3, -0.25) is 9.36 Å². The summed E-state index contributed by atoms with van der Waals surface area (Å²) in [4.78, 5) is 25.5. The van der Waals surface area contributed by atoms with E-state index in [1.165, 1.54) is 283 Å². The quantitative estimate of drug-likeness (QED) is 0.0357. The van der Waals surface area contributed by atoms with E-state index < -0.39 is 20.0 Å². The van der Waals surface area contributed by atoms with Gasteiger partial charge in [-0.05, 0) is 12.8 Å². The van der Waals surface area contributed by atoms with E-state index in [9.17, 15) is 19.4 Å². The number of nitrogens with zero attached hydrogens (tertiary/aromatic N) is 1. The fourth-order valence-electron chi connectivity index (χ4n) is 10.3. The van der Waals surface area contributed by atoms with Crippen LogP contribution in [0.4, 0.5) is 0 Å². The molecule has 0 spiro atoms. The van der Waals surface area contributed by atoms with Gasteiger partial charge in [0.2, 0.25) is 5.91 Å². The van der Waals surface area contributed by atoms with Crippen LogP contribution in [0.3, 0.4) is 0 Å². The maximum absolute atomic E-state index is 13.0. The van der Waals surface area contributed by atoms with Crippen molar-refractivity contribution >= 4 is 13.7 Å². The summed E-state index contributed by atoms with van der Waals surface area (Å²) < 4.78 is 23.4. The van der Waals surface area contributed by atoms with Crippen LogP contribution in [0.1, 0.15) is 348 Å². The van der Waals surface area contributed by atoms with Crippen LogP contribution in [-0.4, -0.2) is 68.5 Å². The second kappa shape index (κ2) is 55.3. The van der Waals surface area contributed by atoms with Crippen LogP contribution in [0.5, 0.6) is 0 Å². The van der Waals surface area contributed by atoms with Gasteiger partial charge in [0.25, 0.3) is 7.82 Å². The lowest BCUT2D eigenvalue weighted by Gasteiger charge is -2.30. The second-order valence-corrected chi connectivity index (χ2v) is 25.3. The van der Waals surface area contributed by atoms with Gasteiger partial charge in [-0.1, -0.05) is 328 Å². The van der Waals surface area contributed by atoms with E-state index >= 15 is 0 Å². The predicted molar refractivity (Wildman–Crippen MR) is 312 cm³/mol. The first-order valence-corrected chi connectivity index (χ1v) is 33.8. The SMILES string of the molecule is CCCCCCCCCCCCCCCCCCCCCCCCCCCCCCCCCCCCCCCCCC(=O)NC(COP(=O)([O-])OCC[N+](C)(C)C)C(O)CCCCCCCCCCCCC. The van der Waals surface area contributed by atoms with Crippen molar-refractivity contribution in [1.29, 1.82) is 0 Å². The third kappa shape index (κ3) is 57.2. The minimum absolute atomic E-state index is 0.0163. The lowest BCUT2D eigenvalue weighted by Crippen LogP contribution is -2.46. The molecule has 0 saturated carbocycles. The summed E-state index contributed by atoms with van der Waals surface area (Å²) in [6.45, 7) is 4.76. The molecule has 0 aliphatic heterocycles. The number of aliphatic hydroxyl groups is 1. The van der Waals surface area contributed by atoms with Crippen molar-refractivity contribution < 1.29 is 32.9 Å². The minimum atomic E-state index is -4.56. The fourth-order valence-corrected chi connectivity index (χ4v) is 11.0. The smallest absolute Gasteiger partial charge is 0.268 e. The highest BCUT2D eigenvalue weighted by Crippen LogP contribution is 2.38. The predicted octanol–water partition coefficient (Wildman–Crippen LogP) is 19.4. The normalized spacial score (nSPS) is 13.7. The van der Waals surface area contributed by atoms with Crippen molar-refractivity contribution in [3.63, 3.8) is 0 Å². The molecule has 0 aromatic carbocycles. The van der Waals surface area contributed by atoms with Crippen LogP contribution < -0.4 is 10.2 Å². The van der Waals surface area contributed by atoms with Crippen LogP contribution in [0, 0.1) is 0 Å². The Morgan fingerprint density at radius 1 is 0.431 bits per heavy atom. The molecule has 0 aromatic heterocycles. The van der Waals surface area contributed by atoms with E-state index in [0.717, 1.165) is 38.5 Å². The molecule has 72 heavy (non-hydrogen) atoms. The summed E-state index contributed by atoms with van der Waals surface area (Å²) in [6.07, 6.45) is 67.7. The molecule has 0 aromatic rings. The number of quaternary nitrogens is 1. The van der Waals surface area contributed by atoms with Gasteiger partial charge in [0, 0.05) is 6.42 Å². The first-order chi connectivity index (χ1) is 35.0. The lowest BCUT2D eigenvalue weighted by atomic mass is 10.0. The zero-order valence-corrected chi connectivity index (χ0v) is 50.3. The molecule has 3 atom stereocenters. The minimum Gasteiger partial charge on any atom is -0.756 e. The Kier molecular flexibility index (Phi) is 54.9. The van der Waals surface area contributed by atoms with Gasteiger partial charge in [-0.25, -0.2) is 0 Å². The Labute approximate surface area is 450 Å². The van der Waals surface area contributed by atoms with Gasteiger partial charge in [0.05, 0.1) is 39.9 Å². The summed E-state index contributed by atoms with van der Waals surface area (Å²) in [6, 6.07) is -0.794. The van der Waals surface area contributed by atoms with Gasteiger partial charge < -0.3 is 28.8 Å². The molecule has 1 amide bonds. The number of rotatable bonds is 61. The Morgan fingerprint density at radius 2 is 0.681 bits per heavy atom. The average molecular weight is 1040 g/mol. The molecule has 0 heterocycles.